The highest BCUT2D eigenvalue weighted by molar-refractivity contribution is 5.28. The van der Waals surface area contributed by atoms with Crippen LogP contribution in [-0.2, 0) is 0 Å². The molecule has 0 aromatic rings. The molecule has 0 spiro atoms. The Balaban J connectivity index is 2.72. The maximum Gasteiger partial charge on any atom is 0.0519 e. The van der Waals surface area contributed by atoms with Gasteiger partial charge in [0, 0.05) is 5.41 Å². The lowest BCUT2D eigenvalue weighted by Gasteiger charge is -2.16. The van der Waals surface area contributed by atoms with Gasteiger partial charge in [-0.05, 0) is 26.7 Å². The van der Waals surface area contributed by atoms with E-state index in [0.717, 1.165) is 12.8 Å². The van der Waals surface area contributed by atoms with Gasteiger partial charge in [0.1, 0.15) is 0 Å². The van der Waals surface area contributed by atoms with Gasteiger partial charge in [0.05, 0.1) is 6.61 Å². The number of aliphatic hydroxyl groups excluding tert-OH is 1. The van der Waals surface area contributed by atoms with Crippen molar-refractivity contribution in [1.29, 1.82) is 0 Å². The quantitative estimate of drug-likeness (QED) is 0.668. The van der Waals surface area contributed by atoms with E-state index in [1.54, 1.807) is 0 Å². The average Bonchev–Trinajstić information content (AvgIpc) is 2.32. The molecule has 1 aliphatic rings. The summed E-state index contributed by atoms with van der Waals surface area (Å²) >= 11 is 0. The largest absolute Gasteiger partial charge is 0.395 e. The Bertz CT molecular complexity index is 221. The molecule has 1 nitrogen and oxygen atoms in total. The van der Waals surface area contributed by atoms with Crippen LogP contribution in [0.25, 0.3) is 0 Å². The predicted octanol–water partition coefficient (Wildman–Crippen LogP) is 2.67. The first kappa shape index (κ1) is 9.53. The zero-order valence-corrected chi connectivity index (χ0v) is 8.22. The summed E-state index contributed by atoms with van der Waals surface area (Å²) in [6.07, 6.45) is 6.62. The summed E-state index contributed by atoms with van der Waals surface area (Å²) in [6.45, 7) is 6.59. The first-order valence-corrected chi connectivity index (χ1v) is 4.53. The Morgan fingerprint density at radius 3 is 2.75 bits per heavy atom. The Kier molecular flexibility index (Phi) is 2.73. The number of allylic oxidation sites excluding steroid dienone is 3. The molecule has 0 saturated carbocycles. The van der Waals surface area contributed by atoms with E-state index < -0.39 is 0 Å². The normalized spacial score (nSPS) is 28.5. The lowest BCUT2D eigenvalue weighted by molar-refractivity contribution is 0.183. The molecule has 0 aromatic carbocycles. The van der Waals surface area contributed by atoms with Crippen LogP contribution in [0.1, 0.15) is 33.6 Å². The molecule has 12 heavy (non-hydrogen) atoms. The molecule has 1 heteroatoms. The molecule has 0 aromatic heterocycles. The van der Waals surface area contributed by atoms with E-state index in [9.17, 15) is 0 Å². The summed E-state index contributed by atoms with van der Waals surface area (Å²) in [6, 6.07) is 0. The summed E-state index contributed by atoms with van der Waals surface area (Å²) in [5.74, 6) is 0. The lowest BCUT2D eigenvalue weighted by Crippen LogP contribution is -2.14. The summed E-state index contributed by atoms with van der Waals surface area (Å²) in [5.41, 5.74) is 2.76. The standard InChI is InChI=1S/C11H18O/c1-9(2)6-10-4-5-11(3,7-10)8-12/h6-7,12H,4-5,8H2,1-3H3/t11-/m0/s1. The minimum Gasteiger partial charge on any atom is -0.395 e. The van der Waals surface area contributed by atoms with E-state index >= 15 is 0 Å². The van der Waals surface area contributed by atoms with Crippen molar-refractivity contribution in [2.45, 2.75) is 33.6 Å². The van der Waals surface area contributed by atoms with Gasteiger partial charge in [-0.25, -0.2) is 0 Å². The van der Waals surface area contributed by atoms with E-state index in [1.165, 1.54) is 11.1 Å². The third kappa shape index (κ3) is 2.21. The molecular formula is C11H18O. The van der Waals surface area contributed by atoms with Crippen molar-refractivity contribution >= 4 is 0 Å². The molecule has 1 N–H and O–H groups in total. The smallest absolute Gasteiger partial charge is 0.0519 e. The molecule has 0 saturated heterocycles. The summed E-state index contributed by atoms with van der Waals surface area (Å²) in [7, 11) is 0. The van der Waals surface area contributed by atoms with E-state index in [4.69, 9.17) is 5.11 Å². The molecule has 0 heterocycles. The molecule has 68 valence electrons. The molecule has 1 aliphatic carbocycles. The minimum atomic E-state index is 0.0429. The molecule has 0 aliphatic heterocycles. The summed E-state index contributed by atoms with van der Waals surface area (Å²) < 4.78 is 0. The van der Waals surface area contributed by atoms with Gasteiger partial charge in [0.2, 0.25) is 0 Å². The van der Waals surface area contributed by atoms with Crippen molar-refractivity contribution in [3.63, 3.8) is 0 Å². The number of rotatable bonds is 2. The molecule has 0 amide bonds. The fourth-order valence-corrected chi connectivity index (χ4v) is 1.63. The molecule has 1 atom stereocenters. The fraction of sp³-hybridized carbons (Fsp3) is 0.636. The zero-order chi connectivity index (χ0) is 9.19. The fourth-order valence-electron chi connectivity index (χ4n) is 1.63. The molecular weight excluding hydrogens is 148 g/mol. The number of aliphatic hydroxyl groups is 1. The van der Waals surface area contributed by atoms with Crippen LogP contribution in [0.5, 0.6) is 0 Å². The molecule has 0 radical (unpaired) electrons. The van der Waals surface area contributed by atoms with Crippen LogP contribution in [0, 0.1) is 5.41 Å². The van der Waals surface area contributed by atoms with E-state index in [0.29, 0.717) is 0 Å². The Hall–Kier alpha value is -0.560. The van der Waals surface area contributed by atoms with Crippen molar-refractivity contribution in [2.24, 2.45) is 5.41 Å². The van der Waals surface area contributed by atoms with Crippen molar-refractivity contribution in [3.8, 4) is 0 Å². The zero-order valence-electron chi connectivity index (χ0n) is 8.22. The van der Waals surface area contributed by atoms with Gasteiger partial charge in [-0.1, -0.05) is 30.2 Å². The molecule has 0 bridgehead atoms. The SMILES string of the molecule is CC(C)=CC1=C[C@@](C)(CO)CC1. The van der Waals surface area contributed by atoms with Gasteiger partial charge < -0.3 is 5.11 Å². The second-order valence-corrected chi connectivity index (χ2v) is 4.25. The number of hydrogen-bond acceptors (Lipinski definition) is 1. The van der Waals surface area contributed by atoms with Crippen molar-refractivity contribution < 1.29 is 5.11 Å². The topological polar surface area (TPSA) is 20.2 Å². The highest BCUT2D eigenvalue weighted by atomic mass is 16.3. The van der Waals surface area contributed by atoms with Gasteiger partial charge in [0.15, 0.2) is 0 Å². The van der Waals surface area contributed by atoms with Crippen LogP contribution in [0.15, 0.2) is 23.3 Å². The number of hydrogen-bond donors (Lipinski definition) is 1. The maximum atomic E-state index is 9.11. The van der Waals surface area contributed by atoms with Crippen LogP contribution in [0.4, 0.5) is 0 Å². The van der Waals surface area contributed by atoms with Gasteiger partial charge >= 0.3 is 0 Å². The minimum absolute atomic E-state index is 0.0429. The van der Waals surface area contributed by atoms with Gasteiger partial charge in [-0.2, -0.15) is 0 Å². The van der Waals surface area contributed by atoms with Crippen molar-refractivity contribution in [2.75, 3.05) is 6.61 Å². The Morgan fingerprint density at radius 2 is 2.33 bits per heavy atom. The average molecular weight is 166 g/mol. The predicted molar refractivity (Wildman–Crippen MR) is 51.9 cm³/mol. The molecule has 0 fully saturated rings. The first-order chi connectivity index (χ1) is 5.56. The van der Waals surface area contributed by atoms with Gasteiger partial charge in [-0.15, -0.1) is 0 Å². The van der Waals surface area contributed by atoms with E-state index in [2.05, 4.69) is 32.9 Å². The van der Waals surface area contributed by atoms with Gasteiger partial charge in [0.25, 0.3) is 0 Å². The van der Waals surface area contributed by atoms with E-state index in [-0.39, 0.29) is 12.0 Å². The van der Waals surface area contributed by atoms with E-state index in [1.807, 2.05) is 0 Å². The Labute approximate surface area is 74.8 Å². The van der Waals surface area contributed by atoms with Crippen molar-refractivity contribution in [3.05, 3.63) is 23.3 Å². The highest BCUT2D eigenvalue weighted by Crippen LogP contribution is 2.35. The second kappa shape index (κ2) is 3.44. The van der Waals surface area contributed by atoms with Crippen molar-refractivity contribution in [1.82, 2.24) is 0 Å². The molecule has 0 unspecified atom stereocenters. The second-order valence-electron chi connectivity index (χ2n) is 4.25. The van der Waals surface area contributed by atoms with Crippen LogP contribution in [0.2, 0.25) is 0 Å². The monoisotopic (exact) mass is 166 g/mol. The van der Waals surface area contributed by atoms with Crippen LogP contribution < -0.4 is 0 Å². The van der Waals surface area contributed by atoms with Crippen LogP contribution in [-0.4, -0.2) is 11.7 Å². The van der Waals surface area contributed by atoms with Gasteiger partial charge in [-0.3, -0.25) is 0 Å². The van der Waals surface area contributed by atoms with Crippen LogP contribution >= 0.6 is 0 Å². The molecule has 1 rings (SSSR count). The summed E-state index contributed by atoms with van der Waals surface area (Å²) in [4.78, 5) is 0. The highest BCUT2D eigenvalue weighted by Gasteiger charge is 2.25. The first-order valence-electron chi connectivity index (χ1n) is 4.53. The maximum absolute atomic E-state index is 9.11. The third-order valence-corrected chi connectivity index (χ3v) is 2.35. The van der Waals surface area contributed by atoms with Crippen LogP contribution in [0.3, 0.4) is 0 Å². The summed E-state index contributed by atoms with van der Waals surface area (Å²) in [5, 5.41) is 9.11. The Morgan fingerprint density at radius 1 is 1.67 bits per heavy atom. The third-order valence-electron chi connectivity index (χ3n) is 2.35. The lowest BCUT2D eigenvalue weighted by atomic mass is 9.92.